The van der Waals surface area contributed by atoms with E-state index in [1.54, 1.807) is 23.7 Å². The Kier molecular flexibility index (Phi) is 5.98. The van der Waals surface area contributed by atoms with E-state index in [4.69, 9.17) is 0 Å². The molecule has 1 N–H and O–H groups in total. The molecule has 3 heterocycles. The zero-order valence-corrected chi connectivity index (χ0v) is 19.5. The first-order chi connectivity index (χ1) is 15.7. The molecule has 9 heteroatoms. The van der Waals surface area contributed by atoms with Crippen LogP contribution in [0, 0.1) is 11.3 Å². The Bertz CT molecular complexity index is 1180. The van der Waals surface area contributed by atoms with Crippen LogP contribution in [0.3, 0.4) is 0 Å². The summed E-state index contributed by atoms with van der Waals surface area (Å²) in [5.41, 5.74) is 2.77. The lowest BCUT2D eigenvalue weighted by Gasteiger charge is -2.13. The summed E-state index contributed by atoms with van der Waals surface area (Å²) in [7, 11) is 0. The highest BCUT2D eigenvalue weighted by molar-refractivity contribution is 8.00. The lowest BCUT2D eigenvalue weighted by molar-refractivity contribution is -0.115. The summed E-state index contributed by atoms with van der Waals surface area (Å²) in [6.07, 6.45) is 11.1. The number of fused-ring (bicyclic) bond motifs is 1. The Labute approximate surface area is 195 Å². The molecule has 32 heavy (non-hydrogen) atoms. The van der Waals surface area contributed by atoms with Crippen LogP contribution in [0.2, 0.25) is 0 Å². The second-order valence-corrected chi connectivity index (χ2v) is 10.7. The molecule has 1 atom stereocenters. The quantitative estimate of drug-likeness (QED) is 0.407. The molecule has 1 amide bonds. The van der Waals surface area contributed by atoms with Crippen LogP contribution >= 0.6 is 23.1 Å². The predicted molar refractivity (Wildman–Crippen MR) is 126 cm³/mol. The van der Waals surface area contributed by atoms with E-state index >= 15 is 0 Å². The number of thiophene rings is 1. The number of carbonyl (C=O) groups excluding carboxylic acids is 1. The minimum absolute atomic E-state index is 0.112. The largest absolute Gasteiger partial charge is 0.316 e. The van der Waals surface area contributed by atoms with Crippen LogP contribution in [0.15, 0.2) is 29.7 Å². The Morgan fingerprint density at radius 1 is 1.25 bits per heavy atom. The van der Waals surface area contributed by atoms with Gasteiger partial charge in [-0.3, -0.25) is 14.3 Å². The fourth-order valence-electron chi connectivity index (χ4n) is 4.09. The molecule has 5 rings (SSSR count). The second-order valence-electron chi connectivity index (χ2n) is 8.27. The normalized spacial score (nSPS) is 16.6. The van der Waals surface area contributed by atoms with E-state index in [-0.39, 0.29) is 11.2 Å². The Morgan fingerprint density at radius 3 is 2.78 bits per heavy atom. The summed E-state index contributed by atoms with van der Waals surface area (Å²) < 4.78 is 2.15. The predicted octanol–water partition coefficient (Wildman–Crippen LogP) is 5.00. The van der Waals surface area contributed by atoms with Crippen molar-refractivity contribution in [2.24, 2.45) is 0 Å². The molecule has 0 radical (unpaired) electrons. The lowest BCUT2D eigenvalue weighted by atomic mass is 10.1. The molecular formula is C23H24N6OS2. The summed E-state index contributed by atoms with van der Waals surface area (Å²) in [6.45, 7) is 1.88. The highest BCUT2D eigenvalue weighted by Crippen LogP contribution is 2.42. The third-order valence-corrected chi connectivity index (χ3v) is 8.20. The first-order valence-electron chi connectivity index (χ1n) is 11.0. The van der Waals surface area contributed by atoms with Crippen LogP contribution in [0.4, 0.5) is 5.00 Å². The van der Waals surface area contributed by atoms with Crippen molar-refractivity contribution in [2.45, 2.75) is 68.3 Å². The van der Waals surface area contributed by atoms with Crippen LogP contribution in [0.5, 0.6) is 0 Å². The van der Waals surface area contributed by atoms with Gasteiger partial charge in [-0.15, -0.1) is 21.5 Å². The molecule has 3 aromatic heterocycles. The average Bonchev–Trinajstić information content (AvgIpc) is 3.54. The fourth-order valence-corrected chi connectivity index (χ4v) is 6.25. The summed E-state index contributed by atoms with van der Waals surface area (Å²) in [5, 5.41) is 22.7. The minimum Gasteiger partial charge on any atom is -0.316 e. The summed E-state index contributed by atoms with van der Waals surface area (Å²) in [4.78, 5) is 18.4. The molecular weight excluding hydrogens is 440 g/mol. The van der Waals surface area contributed by atoms with Crippen molar-refractivity contribution in [1.82, 2.24) is 19.7 Å². The van der Waals surface area contributed by atoms with Crippen molar-refractivity contribution in [3.8, 4) is 17.5 Å². The van der Waals surface area contributed by atoms with Crippen LogP contribution in [0.25, 0.3) is 11.4 Å². The van der Waals surface area contributed by atoms with E-state index in [1.807, 2.05) is 19.1 Å². The van der Waals surface area contributed by atoms with Crippen LogP contribution < -0.4 is 5.32 Å². The zero-order chi connectivity index (χ0) is 22.1. The van der Waals surface area contributed by atoms with Gasteiger partial charge < -0.3 is 5.32 Å². The van der Waals surface area contributed by atoms with Gasteiger partial charge in [-0.25, -0.2) is 0 Å². The summed E-state index contributed by atoms with van der Waals surface area (Å²) in [5.74, 6) is 0.706. The van der Waals surface area contributed by atoms with E-state index < -0.39 is 0 Å². The van der Waals surface area contributed by atoms with Crippen molar-refractivity contribution in [3.63, 3.8) is 0 Å². The molecule has 3 aromatic rings. The number of pyridine rings is 1. The van der Waals surface area contributed by atoms with E-state index in [0.29, 0.717) is 16.6 Å². The van der Waals surface area contributed by atoms with Gasteiger partial charge in [0.15, 0.2) is 11.0 Å². The number of aromatic nitrogens is 4. The smallest absolute Gasteiger partial charge is 0.238 e. The number of aryl methyl sites for hydroxylation is 1. The first kappa shape index (κ1) is 21.2. The Morgan fingerprint density at radius 2 is 2.03 bits per heavy atom. The van der Waals surface area contributed by atoms with Gasteiger partial charge in [-0.05, 0) is 63.1 Å². The molecule has 0 aliphatic heterocycles. The van der Waals surface area contributed by atoms with Crippen molar-refractivity contribution in [1.29, 1.82) is 5.26 Å². The van der Waals surface area contributed by atoms with Crippen LogP contribution in [0.1, 0.15) is 61.1 Å². The molecule has 164 valence electrons. The monoisotopic (exact) mass is 464 g/mol. The third kappa shape index (κ3) is 4.17. The SMILES string of the molecule is CC(Sc1nnc(-c2ccncc2)n1C1CC1)C(=O)Nc1sc2c(c1C#N)CCCCC2. The highest BCUT2D eigenvalue weighted by Gasteiger charge is 2.32. The molecule has 2 aliphatic rings. The molecule has 0 aromatic carbocycles. The van der Waals surface area contributed by atoms with Gasteiger partial charge in [0.05, 0.1) is 10.8 Å². The number of hydrogen-bond acceptors (Lipinski definition) is 7. The number of carbonyl (C=O) groups is 1. The summed E-state index contributed by atoms with van der Waals surface area (Å²) >= 11 is 2.98. The maximum atomic E-state index is 13.0. The lowest BCUT2D eigenvalue weighted by Crippen LogP contribution is -2.23. The van der Waals surface area contributed by atoms with Crippen molar-refractivity contribution >= 4 is 34.0 Å². The average molecular weight is 465 g/mol. The number of anilines is 1. The standard InChI is InChI=1S/C23H24N6OS2/c1-14(21(30)26-22-18(13-24)17-5-3-2-4-6-19(17)32-22)31-23-28-27-20(29(23)16-7-8-16)15-9-11-25-12-10-15/h9-12,14,16H,2-8H2,1H3,(H,26,30). The summed E-state index contributed by atoms with van der Waals surface area (Å²) in [6, 6.07) is 6.57. The Balaban J connectivity index is 1.34. The molecule has 1 unspecified atom stereocenters. The van der Waals surface area contributed by atoms with Gasteiger partial charge in [0.1, 0.15) is 11.1 Å². The molecule has 2 aliphatic carbocycles. The van der Waals surface area contributed by atoms with Gasteiger partial charge in [-0.2, -0.15) is 5.26 Å². The van der Waals surface area contributed by atoms with E-state index in [2.05, 4.69) is 31.1 Å². The van der Waals surface area contributed by atoms with Gasteiger partial charge in [0.2, 0.25) is 5.91 Å². The molecule has 0 saturated heterocycles. The number of thioether (sulfide) groups is 1. The van der Waals surface area contributed by atoms with E-state index in [1.165, 1.54) is 23.1 Å². The second kappa shape index (κ2) is 9.04. The topological polar surface area (TPSA) is 96.5 Å². The van der Waals surface area contributed by atoms with Crippen molar-refractivity contribution in [2.75, 3.05) is 5.32 Å². The highest BCUT2D eigenvalue weighted by atomic mass is 32.2. The van der Waals surface area contributed by atoms with Gasteiger partial charge >= 0.3 is 0 Å². The molecule has 0 spiro atoms. The Hall–Kier alpha value is -2.70. The number of nitrogens with one attached hydrogen (secondary N) is 1. The van der Waals surface area contributed by atoms with Crippen molar-refractivity contribution in [3.05, 3.63) is 40.5 Å². The molecule has 1 saturated carbocycles. The maximum absolute atomic E-state index is 13.0. The maximum Gasteiger partial charge on any atom is 0.238 e. The number of nitriles is 1. The fraction of sp³-hybridized carbons (Fsp3) is 0.435. The third-order valence-electron chi connectivity index (χ3n) is 5.94. The molecule has 0 bridgehead atoms. The van der Waals surface area contributed by atoms with Gasteiger partial charge in [0.25, 0.3) is 0 Å². The minimum atomic E-state index is -0.365. The first-order valence-corrected chi connectivity index (χ1v) is 12.7. The number of nitrogens with zero attached hydrogens (tertiary/aromatic N) is 5. The molecule has 1 fully saturated rings. The molecule has 7 nitrogen and oxygen atoms in total. The van der Waals surface area contributed by atoms with E-state index in [9.17, 15) is 10.1 Å². The number of hydrogen-bond donors (Lipinski definition) is 1. The van der Waals surface area contributed by atoms with E-state index in [0.717, 1.165) is 60.6 Å². The number of rotatable bonds is 6. The van der Waals surface area contributed by atoms with Crippen LogP contribution in [-0.4, -0.2) is 30.9 Å². The zero-order valence-electron chi connectivity index (χ0n) is 17.9. The number of amides is 1. The van der Waals surface area contributed by atoms with Gasteiger partial charge in [-0.1, -0.05) is 18.2 Å². The van der Waals surface area contributed by atoms with Crippen molar-refractivity contribution < 1.29 is 4.79 Å². The van der Waals surface area contributed by atoms with Crippen LogP contribution in [-0.2, 0) is 17.6 Å². The van der Waals surface area contributed by atoms with Gasteiger partial charge in [0, 0.05) is 28.9 Å².